The zero-order valence-corrected chi connectivity index (χ0v) is 16.3. The molecule has 0 radical (unpaired) electrons. The van der Waals surface area contributed by atoms with Crippen molar-refractivity contribution in [3.8, 4) is 5.75 Å². The van der Waals surface area contributed by atoms with Crippen molar-refractivity contribution in [2.24, 2.45) is 0 Å². The highest BCUT2D eigenvalue weighted by molar-refractivity contribution is 9.10. The predicted molar refractivity (Wildman–Crippen MR) is 102 cm³/mol. The van der Waals surface area contributed by atoms with E-state index in [2.05, 4.69) is 42.5 Å². The molecular formula is C17H14Br2N2O4. The van der Waals surface area contributed by atoms with E-state index in [0.717, 1.165) is 4.47 Å². The maximum atomic E-state index is 12.6. The fourth-order valence-corrected chi connectivity index (χ4v) is 2.53. The predicted octanol–water partition coefficient (Wildman–Crippen LogP) is 3.96. The summed E-state index contributed by atoms with van der Waals surface area (Å²) in [7, 11) is 0. The van der Waals surface area contributed by atoms with E-state index in [1.807, 2.05) is 6.07 Å². The molecule has 2 aromatic rings. The Hall–Kier alpha value is -2.19. The number of alkyl halides is 1. The molecule has 0 heterocycles. The molecule has 8 heteroatoms. The molecule has 0 atom stereocenters. The van der Waals surface area contributed by atoms with Gasteiger partial charge >= 0.3 is 5.97 Å². The van der Waals surface area contributed by atoms with Gasteiger partial charge in [-0.2, -0.15) is 0 Å². The third-order valence-corrected chi connectivity index (χ3v) is 3.97. The summed E-state index contributed by atoms with van der Waals surface area (Å²) in [5.74, 6) is -1.17. The van der Waals surface area contributed by atoms with Crippen molar-refractivity contribution in [2.45, 2.75) is 6.92 Å². The Bertz CT molecular complexity index is 824. The van der Waals surface area contributed by atoms with Crippen LogP contribution in [-0.4, -0.2) is 23.1 Å². The molecule has 0 fully saturated rings. The van der Waals surface area contributed by atoms with Gasteiger partial charge in [-0.1, -0.05) is 37.9 Å². The summed E-state index contributed by atoms with van der Waals surface area (Å²) in [6.45, 7) is 1.25. The third-order valence-electron chi connectivity index (χ3n) is 2.97. The maximum Gasteiger partial charge on any atom is 0.308 e. The number of carbonyl (C=O) groups is 3. The Balaban J connectivity index is 2.33. The van der Waals surface area contributed by atoms with Crippen LogP contribution in [0.15, 0.2) is 46.9 Å². The molecule has 2 N–H and O–H groups in total. The van der Waals surface area contributed by atoms with E-state index in [9.17, 15) is 14.4 Å². The number of halogens is 2. The Labute approximate surface area is 161 Å². The van der Waals surface area contributed by atoms with E-state index in [1.165, 1.54) is 19.1 Å². The number of anilines is 2. The van der Waals surface area contributed by atoms with Gasteiger partial charge in [-0.15, -0.1) is 0 Å². The van der Waals surface area contributed by atoms with Crippen molar-refractivity contribution in [3.05, 3.63) is 52.5 Å². The van der Waals surface area contributed by atoms with Gasteiger partial charge in [0.2, 0.25) is 5.91 Å². The second-order valence-corrected chi connectivity index (χ2v) is 6.43. The van der Waals surface area contributed by atoms with Gasteiger partial charge in [0, 0.05) is 22.8 Å². The lowest BCUT2D eigenvalue weighted by molar-refractivity contribution is -0.131. The quantitative estimate of drug-likeness (QED) is 0.394. The summed E-state index contributed by atoms with van der Waals surface area (Å²) in [4.78, 5) is 35.4. The zero-order chi connectivity index (χ0) is 18.4. The van der Waals surface area contributed by atoms with Crippen LogP contribution in [0.25, 0.3) is 0 Å². The molecule has 130 valence electrons. The van der Waals surface area contributed by atoms with Crippen LogP contribution < -0.4 is 15.4 Å². The van der Waals surface area contributed by atoms with Crippen LogP contribution in [0.1, 0.15) is 17.3 Å². The molecular weight excluding hydrogens is 456 g/mol. The molecule has 0 aliphatic rings. The highest BCUT2D eigenvalue weighted by Gasteiger charge is 2.16. The van der Waals surface area contributed by atoms with Crippen LogP contribution in [0.4, 0.5) is 11.4 Å². The Morgan fingerprint density at radius 1 is 1.04 bits per heavy atom. The lowest BCUT2D eigenvalue weighted by atomic mass is 10.1. The minimum Gasteiger partial charge on any atom is -0.426 e. The van der Waals surface area contributed by atoms with Gasteiger partial charge < -0.3 is 15.4 Å². The SMILES string of the molecule is CC(=O)Oc1ccc(NC(=O)CBr)cc1C(=O)Nc1cccc(Br)c1. The van der Waals surface area contributed by atoms with E-state index in [1.54, 1.807) is 24.3 Å². The van der Waals surface area contributed by atoms with E-state index < -0.39 is 11.9 Å². The van der Waals surface area contributed by atoms with Gasteiger partial charge in [0.25, 0.3) is 5.91 Å². The number of hydrogen-bond donors (Lipinski definition) is 2. The average Bonchev–Trinajstić information content (AvgIpc) is 2.55. The molecule has 0 spiro atoms. The van der Waals surface area contributed by atoms with Crippen molar-refractivity contribution >= 4 is 61.0 Å². The molecule has 0 unspecified atom stereocenters. The fraction of sp³-hybridized carbons (Fsp3) is 0.118. The average molecular weight is 470 g/mol. The van der Waals surface area contributed by atoms with Gasteiger partial charge in [0.15, 0.2) is 0 Å². The summed E-state index contributed by atoms with van der Waals surface area (Å²) in [6, 6.07) is 11.5. The van der Waals surface area contributed by atoms with Crippen LogP contribution in [0.2, 0.25) is 0 Å². The van der Waals surface area contributed by atoms with Crippen LogP contribution in [0.3, 0.4) is 0 Å². The fourth-order valence-electron chi connectivity index (χ4n) is 1.99. The molecule has 0 aliphatic carbocycles. The first-order chi connectivity index (χ1) is 11.9. The van der Waals surface area contributed by atoms with Crippen LogP contribution >= 0.6 is 31.9 Å². The zero-order valence-electron chi connectivity index (χ0n) is 13.1. The lowest BCUT2D eigenvalue weighted by Crippen LogP contribution is -2.17. The third kappa shape index (κ3) is 5.68. The lowest BCUT2D eigenvalue weighted by Gasteiger charge is -2.12. The Morgan fingerprint density at radius 2 is 1.76 bits per heavy atom. The maximum absolute atomic E-state index is 12.6. The van der Waals surface area contributed by atoms with Crippen molar-refractivity contribution in [2.75, 3.05) is 16.0 Å². The van der Waals surface area contributed by atoms with Gasteiger partial charge in [-0.3, -0.25) is 14.4 Å². The first kappa shape index (κ1) is 19.1. The molecule has 2 rings (SSSR count). The number of nitrogens with one attached hydrogen (secondary N) is 2. The molecule has 2 amide bonds. The highest BCUT2D eigenvalue weighted by Crippen LogP contribution is 2.25. The smallest absolute Gasteiger partial charge is 0.308 e. The standard InChI is InChI=1S/C17H14Br2N2O4/c1-10(22)25-15-6-5-13(20-16(23)9-18)8-14(15)17(24)21-12-4-2-3-11(19)7-12/h2-8H,9H2,1H3,(H,20,23)(H,21,24). The van der Waals surface area contributed by atoms with Gasteiger partial charge in [0.1, 0.15) is 5.75 Å². The van der Waals surface area contributed by atoms with Crippen LogP contribution in [-0.2, 0) is 9.59 Å². The summed E-state index contributed by atoms with van der Waals surface area (Å²) < 4.78 is 5.89. The summed E-state index contributed by atoms with van der Waals surface area (Å²) in [6.07, 6.45) is 0. The first-order valence-corrected chi connectivity index (χ1v) is 9.05. The van der Waals surface area contributed by atoms with Gasteiger partial charge in [-0.05, 0) is 36.4 Å². The normalized spacial score (nSPS) is 10.0. The molecule has 25 heavy (non-hydrogen) atoms. The number of hydrogen-bond acceptors (Lipinski definition) is 4. The molecule has 0 aliphatic heterocycles. The molecule has 0 bridgehead atoms. The Morgan fingerprint density at radius 3 is 2.40 bits per heavy atom. The van der Waals surface area contributed by atoms with Crippen molar-refractivity contribution in [1.82, 2.24) is 0 Å². The second kappa shape index (κ2) is 8.77. The molecule has 0 aromatic heterocycles. The number of rotatable bonds is 5. The summed E-state index contributed by atoms with van der Waals surface area (Å²) in [5, 5.41) is 5.47. The van der Waals surface area contributed by atoms with E-state index in [0.29, 0.717) is 11.4 Å². The number of esters is 1. The minimum absolute atomic E-state index is 0.108. The minimum atomic E-state index is -0.547. The van der Waals surface area contributed by atoms with E-state index in [4.69, 9.17) is 4.74 Å². The molecule has 2 aromatic carbocycles. The molecule has 0 saturated carbocycles. The largest absolute Gasteiger partial charge is 0.426 e. The topological polar surface area (TPSA) is 84.5 Å². The Kier molecular flexibility index (Phi) is 6.72. The summed E-state index contributed by atoms with van der Waals surface area (Å²) in [5.41, 5.74) is 1.12. The number of amides is 2. The monoisotopic (exact) mass is 468 g/mol. The van der Waals surface area contributed by atoms with Crippen LogP contribution in [0, 0.1) is 0 Å². The van der Waals surface area contributed by atoms with Gasteiger partial charge in [-0.25, -0.2) is 0 Å². The molecule has 6 nitrogen and oxygen atoms in total. The highest BCUT2D eigenvalue weighted by atomic mass is 79.9. The molecule has 0 saturated heterocycles. The van der Waals surface area contributed by atoms with Crippen molar-refractivity contribution in [1.29, 1.82) is 0 Å². The summed E-state index contributed by atoms with van der Waals surface area (Å²) >= 11 is 6.38. The number of carbonyl (C=O) groups excluding carboxylic acids is 3. The van der Waals surface area contributed by atoms with E-state index >= 15 is 0 Å². The van der Waals surface area contributed by atoms with Crippen LogP contribution in [0.5, 0.6) is 5.75 Å². The van der Waals surface area contributed by atoms with Crippen molar-refractivity contribution in [3.63, 3.8) is 0 Å². The van der Waals surface area contributed by atoms with E-state index in [-0.39, 0.29) is 22.6 Å². The number of ether oxygens (including phenoxy) is 1. The van der Waals surface area contributed by atoms with Crippen molar-refractivity contribution < 1.29 is 19.1 Å². The first-order valence-electron chi connectivity index (χ1n) is 7.14. The second-order valence-electron chi connectivity index (χ2n) is 4.95. The number of benzene rings is 2. The van der Waals surface area contributed by atoms with Gasteiger partial charge in [0.05, 0.1) is 10.9 Å².